The first kappa shape index (κ1) is 14.9. The van der Waals surface area contributed by atoms with Crippen molar-refractivity contribution in [2.24, 2.45) is 0 Å². The molecule has 0 saturated carbocycles. The zero-order chi connectivity index (χ0) is 15.9. The van der Waals surface area contributed by atoms with Gasteiger partial charge in [0.1, 0.15) is 18.1 Å². The van der Waals surface area contributed by atoms with E-state index in [1.165, 1.54) is 12.1 Å². The van der Waals surface area contributed by atoms with Crippen molar-refractivity contribution in [3.8, 4) is 5.75 Å². The lowest BCUT2D eigenvalue weighted by atomic mass is 10.1. The van der Waals surface area contributed by atoms with Gasteiger partial charge in [0.25, 0.3) is 15.9 Å². The molecule has 22 heavy (non-hydrogen) atoms. The second-order valence-corrected chi connectivity index (χ2v) is 6.92. The Hall–Kier alpha value is -2.06. The van der Waals surface area contributed by atoms with Crippen molar-refractivity contribution in [3.05, 3.63) is 41.1 Å². The minimum atomic E-state index is -4.07. The second-order valence-electron chi connectivity index (χ2n) is 4.83. The highest BCUT2D eigenvalue weighted by atomic mass is 35.5. The number of hydrogen-bond donors (Lipinski definition) is 1. The number of hydrogen-bond acceptors (Lipinski definition) is 6. The quantitative estimate of drug-likeness (QED) is 0.912. The number of carbonyl (C=O) groups is 1. The number of benzene rings is 1. The molecule has 1 aromatic carbocycles. The lowest BCUT2D eigenvalue weighted by Crippen LogP contribution is -2.30. The summed E-state index contributed by atoms with van der Waals surface area (Å²) in [6.07, 6.45) is 2.56. The molecule has 7 nitrogen and oxygen atoms in total. The monoisotopic (exact) mass is 342 g/mol. The number of nitrogens with zero attached hydrogens (tertiary/aromatic N) is 1. The molecular weight excluding hydrogens is 332 g/mol. The van der Waals surface area contributed by atoms with E-state index in [4.69, 9.17) is 16.3 Å². The maximum absolute atomic E-state index is 12.3. The molecule has 1 aromatic heterocycles. The maximum Gasteiger partial charge on any atom is 0.286 e. The Kier molecular flexibility index (Phi) is 3.57. The summed E-state index contributed by atoms with van der Waals surface area (Å²) in [5.74, 6) is -0.397. The summed E-state index contributed by atoms with van der Waals surface area (Å²) in [7, 11) is -4.07. The summed E-state index contributed by atoms with van der Waals surface area (Å²) in [6.45, 7) is 1.86. The highest BCUT2D eigenvalue weighted by Crippen LogP contribution is 2.37. The Balaban J connectivity index is 1.92. The highest BCUT2D eigenvalue weighted by molar-refractivity contribution is 7.90. The van der Waals surface area contributed by atoms with Gasteiger partial charge in [0.2, 0.25) is 0 Å². The van der Waals surface area contributed by atoms with Gasteiger partial charge in [0.05, 0.1) is 9.92 Å². The third-order valence-electron chi connectivity index (χ3n) is 3.12. The van der Waals surface area contributed by atoms with Gasteiger partial charge < -0.3 is 9.15 Å². The summed E-state index contributed by atoms with van der Waals surface area (Å²) in [5.41, 5.74) is 0.557. The van der Waals surface area contributed by atoms with Gasteiger partial charge in [-0.05, 0) is 19.1 Å². The lowest BCUT2D eigenvalue weighted by molar-refractivity contribution is 0.0976. The number of amides is 1. The van der Waals surface area contributed by atoms with Crippen molar-refractivity contribution >= 4 is 27.5 Å². The van der Waals surface area contributed by atoms with E-state index in [0.29, 0.717) is 17.7 Å². The Bertz CT molecular complexity index is 832. The first-order chi connectivity index (χ1) is 10.4. The molecule has 0 bridgehead atoms. The van der Waals surface area contributed by atoms with E-state index in [9.17, 15) is 13.2 Å². The fourth-order valence-electron chi connectivity index (χ4n) is 2.17. The summed E-state index contributed by atoms with van der Waals surface area (Å²) in [5, 5.41) is 0.191. The van der Waals surface area contributed by atoms with E-state index < -0.39 is 15.9 Å². The third-order valence-corrected chi connectivity index (χ3v) is 4.71. The van der Waals surface area contributed by atoms with Crippen LogP contribution in [0.15, 0.2) is 34.1 Å². The van der Waals surface area contributed by atoms with Gasteiger partial charge in [-0.2, -0.15) is 0 Å². The first-order valence-corrected chi connectivity index (χ1v) is 8.17. The van der Waals surface area contributed by atoms with Crippen LogP contribution in [0.1, 0.15) is 23.0 Å². The zero-order valence-electron chi connectivity index (χ0n) is 11.4. The van der Waals surface area contributed by atoms with Crippen LogP contribution in [0.5, 0.6) is 5.75 Å². The van der Waals surface area contributed by atoms with Crippen molar-refractivity contribution in [2.75, 3.05) is 0 Å². The van der Waals surface area contributed by atoms with Crippen LogP contribution in [0.4, 0.5) is 0 Å². The minimum absolute atomic E-state index is 0.0739. The van der Waals surface area contributed by atoms with Gasteiger partial charge in [-0.3, -0.25) is 4.79 Å². The van der Waals surface area contributed by atoms with Crippen LogP contribution in [-0.4, -0.2) is 25.4 Å². The molecule has 1 unspecified atom stereocenters. The Morgan fingerprint density at radius 3 is 2.91 bits per heavy atom. The number of ether oxygens (including phenoxy) is 1. The molecule has 1 N–H and O–H groups in total. The van der Waals surface area contributed by atoms with E-state index in [1.54, 1.807) is 0 Å². The number of halogens is 1. The molecule has 0 saturated heterocycles. The van der Waals surface area contributed by atoms with E-state index in [1.807, 2.05) is 11.6 Å². The van der Waals surface area contributed by atoms with Gasteiger partial charge in [-0.25, -0.2) is 18.1 Å². The second kappa shape index (κ2) is 5.29. The summed E-state index contributed by atoms with van der Waals surface area (Å²) in [4.78, 5) is 15.3. The smallest absolute Gasteiger partial charge is 0.286 e. The van der Waals surface area contributed by atoms with Gasteiger partial charge in [-0.1, -0.05) is 11.6 Å². The van der Waals surface area contributed by atoms with Gasteiger partial charge >= 0.3 is 0 Å². The van der Waals surface area contributed by atoms with Gasteiger partial charge in [0.15, 0.2) is 12.1 Å². The minimum Gasteiger partial charge on any atom is -0.489 e. The largest absolute Gasteiger partial charge is 0.489 e. The molecular formula is C13H11ClN2O5S. The molecule has 1 aliphatic rings. The molecule has 0 radical (unpaired) electrons. The van der Waals surface area contributed by atoms with Gasteiger partial charge in [0, 0.05) is 12.0 Å². The predicted molar refractivity (Wildman–Crippen MR) is 76.4 cm³/mol. The Morgan fingerprint density at radius 1 is 1.45 bits per heavy atom. The fourth-order valence-corrected chi connectivity index (χ4v) is 3.56. The number of oxazole rings is 1. The SMILES string of the molecule is CC1Cc2cc(S(=O)(=O)NC(=O)c3cocn3)cc(Cl)c2O1. The molecule has 9 heteroatoms. The van der Waals surface area contributed by atoms with Crippen LogP contribution >= 0.6 is 11.6 Å². The number of fused-ring (bicyclic) bond motifs is 1. The molecule has 0 spiro atoms. The van der Waals surface area contributed by atoms with E-state index in [-0.39, 0.29) is 21.7 Å². The van der Waals surface area contributed by atoms with Crippen molar-refractivity contribution in [1.29, 1.82) is 0 Å². The molecule has 1 aliphatic heterocycles. The van der Waals surface area contributed by atoms with E-state index in [2.05, 4.69) is 9.40 Å². The zero-order valence-corrected chi connectivity index (χ0v) is 12.9. The summed E-state index contributed by atoms with van der Waals surface area (Å²) < 4.78 is 36.6. The molecule has 1 amide bonds. The molecule has 3 rings (SSSR count). The van der Waals surface area contributed by atoms with E-state index in [0.717, 1.165) is 12.7 Å². The number of rotatable bonds is 3. The topological polar surface area (TPSA) is 98.5 Å². The van der Waals surface area contributed by atoms with Crippen LogP contribution in [0.2, 0.25) is 5.02 Å². The van der Waals surface area contributed by atoms with Gasteiger partial charge in [-0.15, -0.1) is 0 Å². The number of carbonyl (C=O) groups excluding carboxylic acids is 1. The maximum atomic E-state index is 12.3. The van der Waals surface area contributed by atoms with Crippen molar-refractivity contribution in [1.82, 2.24) is 9.71 Å². The molecule has 2 heterocycles. The van der Waals surface area contributed by atoms with Crippen LogP contribution in [0, 0.1) is 0 Å². The van der Waals surface area contributed by atoms with Crippen molar-refractivity contribution < 1.29 is 22.4 Å². The number of sulfonamides is 1. The molecule has 2 aromatic rings. The summed E-state index contributed by atoms with van der Waals surface area (Å²) >= 11 is 6.05. The number of nitrogens with one attached hydrogen (secondary N) is 1. The molecule has 0 aliphatic carbocycles. The fraction of sp³-hybridized carbons (Fsp3) is 0.231. The Morgan fingerprint density at radius 2 is 2.23 bits per heavy atom. The molecule has 1 atom stereocenters. The molecule has 0 fully saturated rings. The lowest BCUT2D eigenvalue weighted by Gasteiger charge is -2.09. The van der Waals surface area contributed by atoms with Crippen LogP contribution in [0.25, 0.3) is 0 Å². The average Bonchev–Trinajstić information content (AvgIpc) is 3.06. The van der Waals surface area contributed by atoms with Crippen molar-refractivity contribution in [2.45, 2.75) is 24.3 Å². The van der Waals surface area contributed by atoms with Crippen LogP contribution < -0.4 is 9.46 Å². The standard InChI is InChI=1S/C13H11ClN2O5S/c1-7-2-8-3-9(4-10(14)12(8)21-7)22(18,19)16-13(17)11-5-20-6-15-11/h3-7H,2H2,1H3,(H,16,17). The van der Waals surface area contributed by atoms with E-state index >= 15 is 0 Å². The first-order valence-electron chi connectivity index (χ1n) is 6.31. The van der Waals surface area contributed by atoms with Crippen LogP contribution in [0.3, 0.4) is 0 Å². The normalized spacial score (nSPS) is 16.9. The van der Waals surface area contributed by atoms with Crippen molar-refractivity contribution in [3.63, 3.8) is 0 Å². The number of aromatic nitrogens is 1. The predicted octanol–water partition coefficient (Wildman–Crippen LogP) is 1.77. The third kappa shape index (κ3) is 2.67. The molecule has 116 valence electrons. The van der Waals surface area contributed by atoms with Crippen LogP contribution in [-0.2, 0) is 16.4 Å². The highest BCUT2D eigenvalue weighted by Gasteiger charge is 2.27. The Labute approximate surface area is 131 Å². The summed E-state index contributed by atoms with van der Waals surface area (Å²) in [6, 6.07) is 2.69. The average molecular weight is 343 g/mol.